The van der Waals surface area contributed by atoms with Crippen LogP contribution in [0, 0.1) is 0 Å². The summed E-state index contributed by atoms with van der Waals surface area (Å²) in [5.74, 6) is 0.377. The van der Waals surface area contributed by atoms with Crippen molar-refractivity contribution in [3.8, 4) is 0 Å². The molecule has 3 rings (SSSR count). The lowest BCUT2D eigenvalue weighted by atomic mass is 10.3. The molecular formula is C10H15N5O2S. The number of tetrazole rings is 1. The molecule has 2 aliphatic rings. The maximum absolute atomic E-state index is 11.9. The minimum Gasteiger partial charge on any atom is -0.391 e. The fraction of sp³-hybridized carbons (Fsp3) is 0.800. The van der Waals surface area contributed by atoms with Gasteiger partial charge in [0.25, 0.3) is 0 Å². The first-order chi connectivity index (χ1) is 8.74. The van der Waals surface area contributed by atoms with E-state index in [2.05, 4.69) is 15.5 Å². The number of aromatic nitrogens is 4. The zero-order chi connectivity index (χ0) is 12.5. The second-order valence-electron chi connectivity index (χ2n) is 4.71. The van der Waals surface area contributed by atoms with Gasteiger partial charge in [-0.1, -0.05) is 11.8 Å². The van der Waals surface area contributed by atoms with Crippen LogP contribution in [0.1, 0.15) is 25.3 Å². The third kappa shape index (κ3) is 2.49. The average Bonchev–Trinajstić information content (AvgIpc) is 2.94. The van der Waals surface area contributed by atoms with Gasteiger partial charge >= 0.3 is 0 Å². The molecule has 0 spiro atoms. The topological polar surface area (TPSA) is 84.1 Å². The minimum absolute atomic E-state index is 0.0434. The minimum atomic E-state index is -0.365. The van der Waals surface area contributed by atoms with E-state index >= 15 is 0 Å². The highest BCUT2D eigenvalue weighted by Gasteiger charge is 2.29. The van der Waals surface area contributed by atoms with E-state index in [0.717, 1.165) is 12.8 Å². The molecule has 0 radical (unpaired) electrons. The highest BCUT2D eigenvalue weighted by atomic mass is 32.2. The fourth-order valence-electron chi connectivity index (χ4n) is 2.01. The van der Waals surface area contributed by atoms with Gasteiger partial charge in [-0.3, -0.25) is 4.79 Å². The predicted molar refractivity (Wildman–Crippen MR) is 64.0 cm³/mol. The highest BCUT2D eigenvalue weighted by Crippen LogP contribution is 2.36. The van der Waals surface area contributed by atoms with Crippen molar-refractivity contribution in [2.75, 3.05) is 18.8 Å². The van der Waals surface area contributed by atoms with Gasteiger partial charge in [-0.2, -0.15) is 0 Å². The number of hydrogen-bond donors (Lipinski definition) is 1. The average molecular weight is 269 g/mol. The Morgan fingerprint density at radius 1 is 1.44 bits per heavy atom. The number of thioether (sulfide) groups is 1. The molecule has 98 valence electrons. The number of aliphatic hydroxyl groups excluding tert-OH is 1. The lowest BCUT2D eigenvalue weighted by molar-refractivity contribution is -0.127. The van der Waals surface area contributed by atoms with Crippen LogP contribution in [0.3, 0.4) is 0 Å². The number of rotatable bonds is 4. The second-order valence-corrected chi connectivity index (χ2v) is 5.65. The van der Waals surface area contributed by atoms with Crippen LogP contribution in [0.5, 0.6) is 0 Å². The Bertz CT molecular complexity index is 447. The Morgan fingerprint density at radius 3 is 2.94 bits per heavy atom. The van der Waals surface area contributed by atoms with Gasteiger partial charge in [0, 0.05) is 13.1 Å². The van der Waals surface area contributed by atoms with Crippen LogP contribution in [0.15, 0.2) is 5.16 Å². The Hall–Kier alpha value is -1.15. The quantitative estimate of drug-likeness (QED) is 0.755. The van der Waals surface area contributed by atoms with E-state index in [9.17, 15) is 9.90 Å². The van der Waals surface area contributed by atoms with Gasteiger partial charge in [0.15, 0.2) is 0 Å². The predicted octanol–water partition coefficient (Wildman–Crippen LogP) is -0.307. The van der Waals surface area contributed by atoms with Crippen LogP contribution in [-0.2, 0) is 4.79 Å². The maximum Gasteiger partial charge on any atom is 0.233 e. The van der Waals surface area contributed by atoms with Crippen LogP contribution in [0.4, 0.5) is 0 Å². The first kappa shape index (κ1) is 11.9. The summed E-state index contributed by atoms with van der Waals surface area (Å²) in [6.07, 6.45) is 2.54. The van der Waals surface area contributed by atoms with E-state index in [1.54, 1.807) is 9.58 Å². The molecule has 7 nitrogen and oxygen atoms in total. The summed E-state index contributed by atoms with van der Waals surface area (Å²) in [6, 6.07) is 0.422. The Kier molecular flexibility index (Phi) is 3.21. The highest BCUT2D eigenvalue weighted by molar-refractivity contribution is 7.99. The molecule has 1 saturated carbocycles. The first-order valence-electron chi connectivity index (χ1n) is 6.10. The number of β-amino-alcohol motifs (C(OH)–C–C–N with tert-alkyl or cyclic N) is 1. The molecule has 0 aromatic carbocycles. The van der Waals surface area contributed by atoms with Crippen molar-refractivity contribution < 1.29 is 9.90 Å². The van der Waals surface area contributed by atoms with Crippen LogP contribution in [0.2, 0.25) is 0 Å². The fourth-order valence-corrected chi connectivity index (χ4v) is 2.86. The zero-order valence-corrected chi connectivity index (χ0v) is 10.7. The van der Waals surface area contributed by atoms with E-state index in [1.165, 1.54) is 11.8 Å². The van der Waals surface area contributed by atoms with E-state index in [4.69, 9.17) is 0 Å². The standard InChI is InChI=1S/C10H15N5O2S/c16-8-3-4-14(5-8)9(17)6-18-10-11-12-13-15(10)7-1-2-7/h7-8,16H,1-6H2/t8-/m1/s1. The lowest BCUT2D eigenvalue weighted by Crippen LogP contribution is -2.31. The SMILES string of the molecule is O=C(CSc1nnnn1C1CC1)N1CC[C@@H](O)C1. The molecule has 1 amide bonds. The summed E-state index contributed by atoms with van der Waals surface area (Å²) >= 11 is 1.37. The van der Waals surface area contributed by atoms with Crippen molar-refractivity contribution in [1.82, 2.24) is 25.1 Å². The molecular weight excluding hydrogens is 254 g/mol. The van der Waals surface area contributed by atoms with E-state index in [0.29, 0.717) is 36.5 Å². The van der Waals surface area contributed by atoms with Crippen LogP contribution < -0.4 is 0 Å². The summed E-state index contributed by atoms with van der Waals surface area (Å²) in [5, 5.41) is 21.6. The Labute approximate surface area is 109 Å². The summed E-state index contributed by atoms with van der Waals surface area (Å²) in [7, 11) is 0. The molecule has 0 bridgehead atoms. The molecule has 1 atom stereocenters. The van der Waals surface area contributed by atoms with Crippen molar-refractivity contribution in [1.29, 1.82) is 0 Å². The monoisotopic (exact) mass is 269 g/mol. The smallest absolute Gasteiger partial charge is 0.233 e. The Balaban J connectivity index is 1.54. The largest absolute Gasteiger partial charge is 0.391 e. The summed E-state index contributed by atoms with van der Waals surface area (Å²) in [5.41, 5.74) is 0. The zero-order valence-electron chi connectivity index (χ0n) is 9.90. The van der Waals surface area contributed by atoms with Gasteiger partial charge in [0.05, 0.1) is 17.9 Å². The summed E-state index contributed by atoms with van der Waals surface area (Å²) in [4.78, 5) is 13.6. The number of nitrogens with zero attached hydrogens (tertiary/aromatic N) is 5. The van der Waals surface area contributed by atoms with Gasteiger partial charge in [-0.25, -0.2) is 4.68 Å². The van der Waals surface area contributed by atoms with Crippen molar-refractivity contribution in [2.45, 2.75) is 36.6 Å². The number of hydrogen-bond acceptors (Lipinski definition) is 6. The molecule has 1 aromatic rings. The van der Waals surface area contributed by atoms with Crippen LogP contribution in [0.25, 0.3) is 0 Å². The summed E-state index contributed by atoms with van der Waals surface area (Å²) < 4.78 is 1.80. The number of carbonyl (C=O) groups excluding carboxylic acids is 1. The second kappa shape index (κ2) is 4.85. The Morgan fingerprint density at radius 2 is 2.28 bits per heavy atom. The third-order valence-electron chi connectivity index (χ3n) is 3.20. The molecule has 0 unspecified atom stereocenters. The van der Waals surface area contributed by atoms with Gasteiger partial charge in [0.2, 0.25) is 11.1 Å². The van der Waals surface area contributed by atoms with Gasteiger partial charge in [-0.15, -0.1) is 5.10 Å². The lowest BCUT2D eigenvalue weighted by Gasteiger charge is -2.14. The first-order valence-corrected chi connectivity index (χ1v) is 7.09. The van der Waals surface area contributed by atoms with E-state index < -0.39 is 0 Å². The number of likely N-dealkylation sites (tertiary alicyclic amines) is 1. The molecule has 1 saturated heterocycles. The molecule has 1 N–H and O–H groups in total. The van der Waals surface area contributed by atoms with Gasteiger partial charge in [-0.05, 0) is 29.7 Å². The number of carbonyl (C=O) groups is 1. The van der Waals surface area contributed by atoms with Crippen molar-refractivity contribution in [2.24, 2.45) is 0 Å². The molecule has 2 heterocycles. The third-order valence-corrected chi connectivity index (χ3v) is 4.11. The summed E-state index contributed by atoms with van der Waals surface area (Å²) in [6.45, 7) is 1.10. The van der Waals surface area contributed by atoms with Crippen molar-refractivity contribution in [3.05, 3.63) is 0 Å². The van der Waals surface area contributed by atoms with Crippen molar-refractivity contribution >= 4 is 17.7 Å². The maximum atomic E-state index is 11.9. The molecule has 1 aromatic heterocycles. The van der Waals surface area contributed by atoms with Gasteiger partial charge in [0.1, 0.15) is 0 Å². The number of amides is 1. The van der Waals surface area contributed by atoms with Gasteiger partial charge < -0.3 is 10.0 Å². The number of aliphatic hydroxyl groups is 1. The van der Waals surface area contributed by atoms with Crippen molar-refractivity contribution in [3.63, 3.8) is 0 Å². The van der Waals surface area contributed by atoms with E-state index in [-0.39, 0.29) is 12.0 Å². The normalized spacial score (nSPS) is 23.6. The van der Waals surface area contributed by atoms with Crippen LogP contribution in [-0.4, -0.2) is 61.1 Å². The molecule has 1 aliphatic heterocycles. The van der Waals surface area contributed by atoms with E-state index in [1.807, 2.05) is 0 Å². The molecule has 18 heavy (non-hydrogen) atoms. The van der Waals surface area contributed by atoms with Crippen LogP contribution >= 0.6 is 11.8 Å². The molecule has 8 heteroatoms. The molecule has 1 aliphatic carbocycles. The molecule has 2 fully saturated rings.